The molecule has 1 amide bonds. The van der Waals surface area contributed by atoms with E-state index < -0.39 is 0 Å². The minimum atomic E-state index is 0.0866. The molecule has 0 bridgehead atoms. The van der Waals surface area contributed by atoms with Crippen molar-refractivity contribution < 1.29 is 4.79 Å². The Morgan fingerprint density at radius 1 is 0.906 bits per heavy atom. The molecule has 5 rings (SSSR count). The summed E-state index contributed by atoms with van der Waals surface area (Å²) in [5.41, 5.74) is 5.67. The molecule has 0 saturated carbocycles. The second-order valence-corrected chi connectivity index (χ2v) is 8.75. The van der Waals surface area contributed by atoms with Crippen LogP contribution < -0.4 is 10.2 Å². The van der Waals surface area contributed by atoms with Crippen LogP contribution in [-0.2, 0) is 6.42 Å². The maximum Gasteiger partial charge on any atom is 0.253 e. The summed E-state index contributed by atoms with van der Waals surface area (Å²) in [5, 5.41) is 3.14. The summed E-state index contributed by atoms with van der Waals surface area (Å²) >= 11 is 0. The normalized spacial score (nSPS) is 18.0. The number of carbonyl (C=O) groups is 1. The highest BCUT2D eigenvalue weighted by Crippen LogP contribution is 2.34. The number of amides is 1. The lowest BCUT2D eigenvalue weighted by atomic mass is 9.98. The van der Waals surface area contributed by atoms with Gasteiger partial charge in [-0.3, -0.25) is 9.69 Å². The van der Waals surface area contributed by atoms with Crippen molar-refractivity contribution in [3.63, 3.8) is 0 Å². The van der Waals surface area contributed by atoms with Gasteiger partial charge in [-0.2, -0.15) is 0 Å². The molecule has 5 heteroatoms. The van der Waals surface area contributed by atoms with Crippen LogP contribution in [0.2, 0.25) is 0 Å². The van der Waals surface area contributed by atoms with Crippen molar-refractivity contribution >= 4 is 11.6 Å². The molecule has 1 unspecified atom stereocenters. The van der Waals surface area contributed by atoms with E-state index in [1.54, 1.807) is 0 Å². The highest BCUT2D eigenvalue weighted by Gasteiger charge is 2.32. The van der Waals surface area contributed by atoms with Gasteiger partial charge in [0, 0.05) is 67.6 Å². The second kappa shape index (κ2) is 9.21. The zero-order valence-corrected chi connectivity index (χ0v) is 18.8. The number of carbonyl (C=O) groups excluding carboxylic acids is 1. The molecule has 3 aromatic rings. The standard InChI is InChI=1S/C27H32N4O/c1-2-24(30-18-16-29(17-19-30)21-10-5-3-6-11-21)23-20-31(22-12-7-4-8-13-22)25-14-9-15-28-27(32)26(23)25/h3-8,10-13,20,24H,2,9,14-19H2,1H3,(H,28,32). The average molecular weight is 429 g/mol. The van der Waals surface area contributed by atoms with Crippen molar-refractivity contribution in [2.75, 3.05) is 37.6 Å². The molecule has 1 saturated heterocycles. The van der Waals surface area contributed by atoms with Gasteiger partial charge in [-0.1, -0.05) is 43.3 Å². The monoisotopic (exact) mass is 428 g/mol. The Morgan fingerprint density at radius 2 is 1.56 bits per heavy atom. The van der Waals surface area contributed by atoms with E-state index in [-0.39, 0.29) is 11.9 Å². The zero-order chi connectivity index (χ0) is 21.9. The smallest absolute Gasteiger partial charge is 0.253 e. The molecule has 1 N–H and O–H groups in total. The Morgan fingerprint density at radius 3 is 2.22 bits per heavy atom. The maximum atomic E-state index is 13.2. The number of hydrogen-bond donors (Lipinski definition) is 1. The van der Waals surface area contributed by atoms with E-state index in [1.807, 2.05) is 6.07 Å². The Labute approximate surface area is 190 Å². The van der Waals surface area contributed by atoms with E-state index in [0.717, 1.165) is 68.9 Å². The first kappa shape index (κ1) is 20.8. The molecule has 5 nitrogen and oxygen atoms in total. The number of nitrogens with zero attached hydrogens (tertiary/aromatic N) is 3. The molecule has 0 aliphatic carbocycles. The first-order valence-corrected chi connectivity index (χ1v) is 11.9. The van der Waals surface area contributed by atoms with E-state index in [4.69, 9.17) is 0 Å². The van der Waals surface area contributed by atoms with Crippen molar-refractivity contribution in [3.05, 3.63) is 83.7 Å². The quantitative estimate of drug-likeness (QED) is 0.654. The van der Waals surface area contributed by atoms with Gasteiger partial charge in [-0.25, -0.2) is 0 Å². The largest absolute Gasteiger partial charge is 0.369 e. The van der Waals surface area contributed by atoms with E-state index in [9.17, 15) is 4.79 Å². The Kier molecular flexibility index (Phi) is 5.99. The van der Waals surface area contributed by atoms with Crippen LogP contribution in [0.15, 0.2) is 66.9 Å². The minimum absolute atomic E-state index is 0.0866. The Balaban J connectivity index is 1.46. The third-order valence-electron chi connectivity index (χ3n) is 6.90. The predicted molar refractivity (Wildman–Crippen MR) is 130 cm³/mol. The maximum absolute atomic E-state index is 13.2. The number of piperazine rings is 1. The SMILES string of the molecule is CCC(c1cn(-c2ccccc2)c2c1C(=O)NCCC2)N1CCN(c2ccccc2)CC1. The molecule has 166 valence electrons. The highest BCUT2D eigenvalue weighted by atomic mass is 16.1. The van der Waals surface area contributed by atoms with Crippen LogP contribution in [-0.4, -0.2) is 48.1 Å². The van der Waals surface area contributed by atoms with Crippen molar-refractivity contribution in [1.82, 2.24) is 14.8 Å². The summed E-state index contributed by atoms with van der Waals surface area (Å²) < 4.78 is 2.26. The molecule has 1 aromatic heterocycles. The van der Waals surface area contributed by atoms with E-state index in [0.29, 0.717) is 0 Å². The summed E-state index contributed by atoms with van der Waals surface area (Å²) in [6.07, 6.45) is 5.12. The summed E-state index contributed by atoms with van der Waals surface area (Å²) in [6, 6.07) is 21.4. The fourth-order valence-corrected chi connectivity index (χ4v) is 5.30. The molecule has 0 spiro atoms. The molecule has 32 heavy (non-hydrogen) atoms. The molecule has 2 aliphatic rings. The highest BCUT2D eigenvalue weighted by molar-refractivity contribution is 5.97. The van der Waals surface area contributed by atoms with Gasteiger partial charge in [-0.05, 0) is 43.5 Å². The molecular formula is C27H32N4O. The minimum Gasteiger partial charge on any atom is -0.369 e. The molecule has 2 aliphatic heterocycles. The summed E-state index contributed by atoms with van der Waals surface area (Å²) in [6.45, 7) is 7.01. The van der Waals surface area contributed by atoms with Crippen molar-refractivity contribution in [3.8, 4) is 5.69 Å². The van der Waals surface area contributed by atoms with Crippen molar-refractivity contribution in [1.29, 1.82) is 0 Å². The lowest BCUT2D eigenvalue weighted by Crippen LogP contribution is -2.47. The van der Waals surface area contributed by atoms with Gasteiger partial charge < -0.3 is 14.8 Å². The van der Waals surface area contributed by atoms with Gasteiger partial charge in [0.2, 0.25) is 0 Å². The summed E-state index contributed by atoms with van der Waals surface area (Å²) in [4.78, 5) is 18.2. The van der Waals surface area contributed by atoms with Gasteiger partial charge in [0.05, 0.1) is 5.56 Å². The molecule has 1 atom stereocenters. The van der Waals surface area contributed by atoms with Crippen LogP contribution in [0.3, 0.4) is 0 Å². The van der Waals surface area contributed by atoms with Crippen LogP contribution in [0.4, 0.5) is 5.69 Å². The van der Waals surface area contributed by atoms with Crippen LogP contribution in [0.25, 0.3) is 5.69 Å². The first-order chi connectivity index (χ1) is 15.8. The van der Waals surface area contributed by atoms with Crippen LogP contribution in [0.5, 0.6) is 0 Å². The molecule has 1 fully saturated rings. The summed E-state index contributed by atoms with van der Waals surface area (Å²) in [7, 11) is 0. The number of aromatic nitrogens is 1. The van der Waals surface area contributed by atoms with Crippen LogP contribution in [0.1, 0.15) is 47.4 Å². The first-order valence-electron chi connectivity index (χ1n) is 11.9. The lowest BCUT2D eigenvalue weighted by molar-refractivity contribution is 0.0951. The van der Waals surface area contributed by atoms with Crippen LogP contribution >= 0.6 is 0 Å². The number of anilines is 1. The number of para-hydroxylation sites is 2. The number of hydrogen-bond acceptors (Lipinski definition) is 3. The van der Waals surface area contributed by atoms with E-state index >= 15 is 0 Å². The lowest BCUT2D eigenvalue weighted by Gasteiger charge is -2.40. The van der Waals surface area contributed by atoms with Gasteiger partial charge >= 0.3 is 0 Å². The van der Waals surface area contributed by atoms with Gasteiger partial charge in [0.1, 0.15) is 0 Å². The Bertz CT molecular complexity index is 1050. The Hall–Kier alpha value is -3.05. The summed E-state index contributed by atoms with van der Waals surface area (Å²) in [5.74, 6) is 0.0866. The topological polar surface area (TPSA) is 40.5 Å². The molecule has 2 aromatic carbocycles. The van der Waals surface area contributed by atoms with E-state index in [1.165, 1.54) is 11.3 Å². The van der Waals surface area contributed by atoms with E-state index in [2.05, 4.69) is 87.4 Å². The molecule has 0 radical (unpaired) electrons. The number of fused-ring (bicyclic) bond motifs is 1. The third-order valence-corrected chi connectivity index (χ3v) is 6.90. The van der Waals surface area contributed by atoms with Gasteiger partial charge in [0.25, 0.3) is 5.91 Å². The number of rotatable bonds is 5. The average Bonchev–Trinajstić information content (AvgIpc) is 3.12. The fourth-order valence-electron chi connectivity index (χ4n) is 5.30. The predicted octanol–water partition coefficient (Wildman–Crippen LogP) is 4.43. The second-order valence-electron chi connectivity index (χ2n) is 8.75. The zero-order valence-electron chi connectivity index (χ0n) is 18.8. The van der Waals surface area contributed by atoms with Crippen LogP contribution in [0, 0.1) is 0 Å². The third kappa shape index (κ3) is 3.93. The van der Waals surface area contributed by atoms with Crippen molar-refractivity contribution in [2.24, 2.45) is 0 Å². The van der Waals surface area contributed by atoms with Gasteiger partial charge in [-0.15, -0.1) is 0 Å². The molecule has 3 heterocycles. The van der Waals surface area contributed by atoms with Crippen molar-refractivity contribution in [2.45, 2.75) is 32.2 Å². The number of nitrogens with one attached hydrogen (secondary N) is 1. The number of benzene rings is 2. The van der Waals surface area contributed by atoms with Gasteiger partial charge in [0.15, 0.2) is 0 Å². The fraction of sp³-hybridized carbons (Fsp3) is 0.370. The molecular weight excluding hydrogens is 396 g/mol.